The van der Waals surface area contributed by atoms with E-state index in [4.69, 9.17) is 5.11 Å². The Kier molecular flexibility index (Phi) is 5.32. The Morgan fingerprint density at radius 1 is 1.11 bits per heavy atom. The Morgan fingerprint density at radius 3 is 2.11 bits per heavy atom. The number of urea groups is 1. The number of hydrogen-bond acceptors (Lipinski definition) is 3. The molecule has 0 spiro atoms. The molecule has 2 N–H and O–H groups in total. The van der Waals surface area contributed by atoms with Crippen LogP contribution in [-0.2, 0) is 9.59 Å². The van der Waals surface area contributed by atoms with Crippen molar-refractivity contribution in [2.75, 3.05) is 13.1 Å². The summed E-state index contributed by atoms with van der Waals surface area (Å²) in [7, 11) is 0. The van der Waals surface area contributed by atoms with E-state index < -0.39 is 23.3 Å². The number of aliphatic carboxylic acids is 1. The minimum Gasteiger partial charge on any atom is -0.481 e. The fraction of sp³-hybridized carbons (Fsp3) is 0.769. The Balaban J connectivity index is 2.47. The monoisotopic (exact) mass is 270 g/mol. The van der Waals surface area contributed by atoms with Crippen LogP contribution in [0, 0.1) is 5.41 Å². The largest absolute Gasteiger partial charge is 0.481 e. The number of carbonyl (C=O) groups excluding carboxylic acids is 2. The lowest BCUT2D eigenvalue weighted by Crippen LogP contribution is -2.45. The van der Waals surface area contributed by atoms with Crippen molar-refractivity contribution in [3.63, 3.8) is 0 Å². The molecular weight excluding hydrogens is 248 g/mol. The summed E-state index contributed by atoms with van der Waals surface area (Å²) in [6.07, 6.45) is 3.89. The molecule has 0 aromatic carbocycles. The highest BCUT2D eigenvalue weighted by Gasteiger charge is 2.31. The van der Waals surface area contributed by atoms with E-state index >= 15 is 0 Å². The summed E-state index contributed by atoms with van der Waals surface area (Å²) >= 11 is 0. The van der Waals surface area contributed by atoms with E-state index in [0.717, 1.165) is 25.7 Å². The van der Waals surface area contributed by atoms with E-state index in [1.165, 1.54) is 13.8 Å². The first-order valence-electron chi connectivity index (χ1n) is 6.65. The molecule has 3 amide bonds. The predicted molar refractivity (Wildman–Crippen MR) is 69.6 cm³/mol. The Hall–Kier alpha value is -1.59. The second kappa shape index (κ2) is 6.54. The maximum Gasteiger partial charge on any atom is 0.324 e. The quantitative estimate of drug-likeness (QED) is 0.815. The third-order valence-electron chi connectivity index (χ3n) is 3.32. The number of carboxylic acids is 1. The fourth-order valence-corrected chi connectivity index (χ4v) is 1.99. The average Bonchev–Trinajstić information content (AvgIpc) is 2.56. The van der Waals surface area contributed by atoms with E-state index in [1.807, 2.05) is 0 Å². The number of nitrogens with zero attached hydrogens (tertiary/aromatic N) is 1. The summed E-state index contributed by atoms with van der Waals surface area (Å²) in [5.41, 5.74) is -1.16. The third kappa shape index (κ3) is 4.89. The summed E-state index contributed by atoms with van der Waals surface area (Å²) < 4.78 is 0. The Morgan fingerprint density at radius 2 is 1.63 bits per heavy atom. The van der Waals surface area contributed by atoms with E-state index in [1.54, 1.807) is 4.90 Å². The molecule has 0 radical (unpaired) electrons. The zero-order valence-electron chi connectivity index (χ0n) is 11.6. The number of imide groups is 1. The second-order valence-corrected chi connectivity index (χ2v) is 5.62. The topological polar surface area (TPSA) is 86.7 Å². The minimum atomic E-state index is -1.16. The van der Waals surface area contributed by atoms with Gasteiger partial charge in [-0.15, -0.1) is 0 Å². The highest BCUT2D eigenvalue weighted by atomic mass is 16.4. The minimum absolute atomic E-state index is 0.206. The lowest BCUT2D eigenvalue weighted by molar-refractivity contribution is -0.149. The van der Waals surface area contributed by atoms with E-state index in [0.29, 0.717) is 13.1 Å². The zero-order valence-corrected chi connectivity index (χ0v) is 11.6. The third-order valence-corrected chi connectivity index (χ3v) is 3.32. The van der Waals surface area contributed by atoms with Gasteiger partial charge in [0, 0.05) is 19.5 Å². The lowest BCUT2D eigenvalue weighted by atomic mass is 9.89. The number of rotatable bonds is 3. The number of likely N-dealkylation sites (tertiary alicyclic amines) is 1. The molecule has 1 heterocycles. The van der Waals surface area contributed by atoms with Gasteiger partial charge in [0.25, 0.3) is 0 Å². The van der Waals surface area contributed by atoms with E-state index in [9.17, 15) is 14.4 Å². The zero-order chi connectivity index (χ0) is 14.5. The van der Waals surface area contributed by atoms with Crippen LogP contribution in [0.4, 0.5) is 4.79 Å². The molecule has 19 heavy (non-hydrogen) atoms. The molecule has 1 saturated heterocycles. The normalized spacial score (nSPS) is 16.6. The van der Waals surface area contributed by atoms with Gasteiger partial charge in [0.05, 0.1) is 5.41 Å². The second-order valence-electron chi connectivity index (χ2n) is 5.62. The molecule has 108 valence electrons. The van der Waals surface area contributed by atoms with Gasteiger partial charge in [-0.25, -0.2) is 4.79 Å². The standard InChI is InChI=1S/C13H22N2O4/c1-13(2,11(17)18)9-10(16)14-12(19)15-7-5-3-4-6-8-15/h3-9H2,1-2H3,(H,17,18)(H,14,16,19). The van der Waals surface area contributed by atoms with Gasteiger partial charge in [-0.1, -0.05) is 12.8 Å². The van der Waals surface area contributed by atoms with Crippen LogP contribution in [0.15, 0.2) is 0 Å². The molecule has 0 bridgehead atoms. The average molecular weight is 270 g/mol. The van der Waals surface area contributed by atoms with Crippen molar-refractivity contribution in [1.29, 1.82) is 0 Å². The van der Waals surface area contributed by atoms with Crippen LogP contribution >= 0.6 is 0 Å². The van der Waals surface area contributed by atoms with Crippen molar-refractivity contribution >= 4 is 17.9 Å². The van der Waals surface area contributed by atoms with Gasteiger partial charge in [0.2, 0.25) is 5.91 Å². The Labute approximate surface area is 113 Å². The molecule has 0 unspecified atom stereocenters. The van der Waals surface area contributed by atoms with Gasteiger partial charge >= 0.3 is 12.0 Å². The van der Waals surface area contributed by atoms with Crippen LogP contribution in [-0.4, -0.2) is 41.0 Å². The highest BCUT2D eigenvalue weighted by molar-refractivity contribution is 5.96. The number of nitrogens with one attached hydrogen (secondary N) is 1. The molecule has 0 aromatic heterocycles. The van der Waals surface area contributed by atoms with Gasteiger partial charge in [-0.05, 0) is 26.7 Å². The summed E-state index contributed by atoms with van der Waals surface area (Å²) in [6.45, 7) is 4.24. The van der Waals surface area contributed by atoms with Crippen molar-refractivity contribution in [1.82, 2.24) is 10.2 Å². The molecule has 0 aromatic rings. The van der Waals surface area contributed by atoms with E-state index in [2.05, 4.69) is 5.32 Å². The SMILES string of the molecule is CC(C)(CC(=O)NC(=O)N1CCCCCC1)C(=O)O. The Bertz CT molecular complexity index is 358. The summed E-state index contributed by atoms with van der Waals surface area (Å²) in [5.74, 6) is -1.59. The number of hydrogen-bond donors (Lipinski definition) is 2. The van der Waals surface area contributed by atoms with Crippen LogP contribution in [0.2, 0.25) is 0 Å². The van der Waals surface area contributed by atoms with Crippen LogP contribution in [0.25, 0.3) is 0 Å². The van der Waals surface area contributed by atoms with Crippen LogP contribution in [0.5, 0.6) is 0 Å². The molecule has 0 saturated carbocycles. The summed E-state index contributed by atoms with van der Waals surface area (Å²) in [5, 5.41) is 11.2. The molecular formula is C13H22N2O4. The van der Waals surface area contributed by atoms with Crippen LogP contribution in [0.3, 0.4) is 0 Å². The van der Waals surface area contributed by atoms with Crippen molar-refractivity contribution in [3.8, 4) is 0 Å². The van der Waals surface area contributed by atoms with Crippen molar-refractivity contribution in [2.45, 2.75) is 46.0 Å². The molecule has 0 aliphatic carbocycles. The van der Waals surface area contributed by atoms with Crippen LogP contribution < -0.4 is 5.32 Å². The smallest absolute Gasteiger partial charge is 0.324 e. The maximum absolute atomic E-state index is 11.9. The molecule has 6 nitrogen and oxygen atoms in total. The fourth-order valence-electron chi connectivity index (χ4n) is 1.99. The number of carboxylic acid groups (broad SMARTS) is 1. The van der Waals surface area contributed by atoms with Gasteiger partial charge in [-0.3, -0.25) is 14.9 Å². The summed E-state index contributed by atoms with van der Waals surface area (Å²) in [4.78, 5) is 36.1. The lowest BCUT2D eigenvalue weighted by Gasteiger charge is -2.22. The molecule has 1 aliphatic rings. The van der Waals surface area contributed by atoms with E-state index in [-0.39, 0.29) is 6.42 Å². The van der Waals surface area contributed by atoms with Crippen molar-refractivity contribution in [3.05, 3.63) is 0 Å². The van der Waals surface area contributed by atoms with Gasteiger partial charge < -0.3 is 10.0 Å². The first kappa shape index (κ1) is 15.5. The maximum atomic E-state index is 11.9. The molecule has 1 fully saturated rings. The van der Waals surface area contributed by atoms with Gasteiger partial charge in [0.1, 0.15) is 0 Å². The molecule has 0 atom stereocenters. The van der Waals surface area contributed by atoms with Crippen LogP contribution in [0.1, 0.15) is 46.0 Å². The van der Waals surface area contributed by atoms with Gasteiger partial charge in [0.15, 0.2) is 0 Å². The number of amides is 3. The predicted octanol–water partition coefficient (Wildman–Crippen LogP) is 1.60. The molecule has 6 heteroatoms. The summed E-state index contributed by atoms with van der Waals surface area (Å²) in [6, 6.07) is -0.409. The first-order chi connectivity index (χ1) is 8.83. The molecule has 1 rings (SSSR count). The van der Waals surface area contributed by atoms with Crippen molar-refractivity contribution in [2.24, 2.45) is 5.41 Å². The highest BCUT2D eigenvalue weighted by Crippen LogP contribution is 2.20. The molecule has 1 aliphatic heterocycles. The number of carbonyl (C=O) groups is 3. The first-order valence-corrected chi connectivity index (χ1v) is 6.65. The van der Waals surface area contributed by atoms with Gasteiger partial charge in [-0.2, -0.15) is 0 Å². The van der Waals surface area contributed by atoms with Crippen molar-refractivity contribution < 1.29 is 19.5 Å².